The Bertz CT molecular complexity index is 843. The number of hydrogen-bond donors (Lipinski definition) is 2. The predicted molar refractivity (Wildman–Crippen MR) is 107 cm³/mol. The van der Waals surface area contributed by atoms with Gasteiger partial charge in [0, 0.05) is 12.5 Å². The molecule has 0 bridgehead atoms. The molecule has 2 aliphatic rings. The zero-order valence-corrected chi connectivity index (χ0v) is 16.6. The van der Waals surface area contributed by atoms with Crippen LogP contribution in [0.1, 0.15) is 56.1 Å². The quantitative estimate of drug-likeness (QED) is 0.182. The van der Waals surface area contributed by atoms with Crippen molar-refractivity contribution in [3.05, 3.63) is 45.5 Å². The summed E-state index contributed by atoms with van der Waals surface area (Å²) in [5.74, 6) is -1.43. The zero-order valence-electron chi connectivity index (χ0n) is 16.6. The molecule has 1 saturated carbocycles. The molecule has 160 valence electrons. The number of ether oxygens (including phenoxy) is 1. The minimum atomic E-state index is -0.760. The number of amides is 1. The summed E-state index contributed by atoms with van der Waals surface area (Å²) >= 11 is 0. The van der Waals surface area contributed by atoms with Gasteiger partial charge in [0.25, 0.3) is 0 Å². The summed E-state index contributed by atoms with van der Waals surface area (Å²) < 4.78 is 5.70. The molecule has 1 aromatic rings. The number of aldehydes is 1. The molecule has 1 aromatic carbocycles. The van der Waals surface area contributed by atoms with Gasteiger partial charge in [0.1, 0.15) is 11.9 Å². The second-order valence-electron chi connectivity index (χ2n) is 8.06. The average molecular weight is 415 g/mol. The van der Waals surface area contributed by atoms with E-state index < -0.39 is 16.4 Å². The van der Waals surface area contributed by atoms with Gasteiger partial charge < -0.3 is 25.0 Å². The Kier molecular flexibility index (Phi) is 6.59. The molecule has 1 unspecified atom stereocenters. The smallest absolute Gasteiger partial charge is 0.362 e. The third kappa shape index (κ3) is 5.08. The maximum Gasteiger partial charge on any atom is 0.362 e. The van der Waals surface area contributed by atoms with Gasteiger partial charge in [-0.3, -0.25) is 9.59 Å². The van der Waals surface area contributed by atoms with Crippen molar-refractivity contribution in [2.75, 3.05) is 0 Å². The molecular formula is C21H25N3O6. The van der Waals surface area contributed by atoms with Crippen molar-refractivity contribution in [2.24, 2.45) is 5.92 Å². The van der Waals surface area contributed by atoms with Gasteiger partial charge in [-0.25, -0.2) is 0 Å². The highest BCUT2D eigenvalue weighted by molar-refractivity contribution is 5.90. The van der Waals surface area contributed by atoms with Gasteiger partial charge in [0.15, 0.2) is 0 Å². The van der Waals surface area contributed by atoms with Crippen LogP contribution in [0.15, 0.2) is 24.3 Å². The van der Waals surface area contributed by atoms with E-state index in [0.29, 0.717) is 24.8 Å². The molecule has 1 amide bonds. The van der Waals surface area contributed by atoms with Crippen molar-refractivity contribution in [1.82, 2.24) is 5.32 Å². The predicted octanol–water partition coefficient (Wildman–Crippen LogP) is 2.17. The van der Waals surface area contributed by atoms with Crippen molar-refractivity contribution in [3.8, 4) is 0 Å². The van der Waals surface area contributed by atoms with Crippen molar-refractivity contribution >= 4 is 24.0 Å². The standard InChI is InChI=1S/C21H25N3O6/c22-19(24(28)29)15-3-1-14(2-4-15)13-18(26)23-17-6-10-21(11-7-17)9-5-16(8-12-25)20(27)30-21/h1-4,12,16-17,22H,5-11,13H2,(H,23,26). The molecule has 2 fully saturated rings. The van der Waals surface area contributed by atoms with Crippen LogP contribution in [0.5, 0.6) is 0 Å². The first-order chi connectivity index (χ1) is 14.3. The van der Waals surface area contributed by atoms with E-state index >= 15 is 0 Å². The Hall–Kier alpha value is -3.10. The largest absolute Gasteiger partial charge is 0.459 e. The van der Waals surface area contributed by atoms with E-state index in [1.54, 1.807) is 12.1 Å². The summed E-state index contributed by atoms with van der Waals surface area (Å²) in [6.45, 7) is 0. The number of hydrogen-bond acceptors (Lipinski definition) is 7. The Morgan fingerprint density at radius 2 is 1.87 bits per heavy atom. The molecule has 1 saturated heterocycles. The van der Waals surface area contributed by atoms with Crippen molar-refractivity contribution in [2.45, 2.75) is 63.0 Å². The van der Waals surface area contributed by atoms with Crippen molar-refractivity contribution in [1.29, 1.82) is 5.41 Å². The van der Waals surface area contributed by atoms with Crippen molar-refractivity contribution < 1.29 is 24.0 Å². The lowest BCUT2D eigenvalue weighted by Crippen LogP contribution is -2.49. The van der Waals surface area contributed by atoms with Gasteiger partial charge in [0.2, 0.25) is 5.91 Å². The SMILES string of the molecule is N=C(c1ccc(CC(=O)NC2CCC3(CC2)CCC(CC=O)C(=O)O3)cc1)[N+](=O)[O-]. The molecule has 1 heterocycles. The van der Waals surface area contributed by atoms with E-state index in [1.807, 2.05) is 0 Å². The summed E-state index contributed by atoms with van der Waals surface area (Å²) in [6.07, 6.45) is 5.35. The van der Waals surface area contributed by atoms with Crippen LogP contribution >= 0.6 is 0 Å². The lowest BCUT2D eigenvalue weighted by Gasteiger charge is -2.43. The summed E-state index contributed by atoms with van der Waals surface area (Å²) in [7, 11) is 0. The lowest BCUT2D eigenvalue weighted by atomic mass is 9.75. The summed E-state index contributed by atoms with van der Waals surface area (Å²) in [5, 5.41) is 21.0. The number of amidine groups is 1. The molecule has 0 aromatic heterocycles. The molecule has 30 heavy (non-hydrogen) atoms. The number of nitrogens with one attached hydrogen (secondary N) is 2. The molecular weight excluding hydrogens is 390 g/mol. The summed E-state index contributed by atoms with van der Waals surface area (Å²) in [4.78, 5) is 45.0. The van der Waals surface area contributed by atoms with Crippen LogP contribution in [0.25, 0.3) is 0 Å². The maximum absolute atomic E-state index is 12.4. The number of esters is 1. The third-order valence-electron chi connectivity index (χ3n) is 6.02. The van der Waals surface area contributed by atoms with Gasteiger partial charge in [-0.05, 0) is 61.1 Å². The summed E-state index contributed by atoms with van der Waals surface area (Å²) in [5.41, 5.74) is 0.441. The normalized spacial score (nSPS) is 25.9. The molecule has 2 N–H and O–H groups in total. The van der Waals surface area contributed by atoms with E-state index in [0.717, 1.165) is 25.5 Å². The molecule has 3 rings (SSSR count). The number of nitro groups is 1. The molecule has 0 radical (unpaired) electrons. The van der Waals surface area contributed by atoms with Crippen LogP contribution in [0.4, 0.5) is 0 Å². The average Bonchev–Trinajstić information content (AvgIpc) is 2.72. The highest BCUT2D eigenvalue weighted by Gasteiger charge is 2.44. The third-order valence-corrected chi connectivity index (χ3v) is 6.02. The Labute approximate surface area is 173 Å². The van der Waals surface area contributed by atoms with Crippen LogP contribution in [0.2, 0.25) is 0 Å². The van der Waals surface area contributed by atoms with Crippen molar-refractivity contribution in [3.63, 3.8) is 0 Å². The van der Waals surface area contributed by atoms with E-state index in [-0.39, 0.29) is 42.2 Å². The van der Waals surface area contributed by atoms with E-state index in [1.165, 1.54) is 12.1 Å². The van der Waals surface area contributed by atoms with Crippen LogP contribution in [-0.2, 0) is 25.5 Å². The summed E-state index contributed by atoms with van der Waals surface area (Å²) in [6, 6.07) is 6.16. The minimum absolute atomic E-state index is 0.0106. The Morgan fingerprint density at radius 1 is 1.23 bits per heavy atom. The second kappa shape index (κ2) is 9.15. The highest BCUT2D eigenvalue weighted by Crippen LogP contribution is 2.41. The Balaban J connectivity index is 1.46. The van der Waals surface area contributed by atoms with Crippen LogP contribution < -0.4 is 5.32 Å². The number of rotatable bonds is 6. The second-order valence-corrected chi connectivity index (χ2v) is 8.06. The van der Waals surface area contributed by atoms with Gasteiger partial charge in [-0.2, -0.15) is 0 Å². The van der Waals surface area contributed by atoms with E-state index in [4.69, 9.17) is 10.1 Å². The fraction of sp³-hybridized carbons (Fsp3) is 0.524. The van der Waals surface area contributed by atoms with Gasteiger partial charge in [-0.1, -0.05) is 17.5 Å². The van der Waals surface area contributed by atoms with Crippen LogP contribution in [0.3, 0.4) is 0 Å². The first kappa shape index (κ1) is 21.6. The molecule has 1 aliphatic heterocycles. The number of benzene rings is 1. The van der Waals surface area contributed by atoms with Gasteiger partial charge >= 0.3 is 11.8 Å². The van der Waals surface area contributed by atoms with Crippen LogP contribution in [-0.4, -0.2) is 40.6 Å². The number of nitrogens with zero attached hydrogens (tertiary/aromatic N) is 1. The van der Waals surface area contributed by atoms with Gasteiger partial charge in [0.05, 0.1) is 17.9 Å². The number of carbonyl (C=O) groups is 3. The first-order valence-corrected chi connectivity index (χ1v) is 10.1. The maximum atomic E-state index is 12.4. The van der Waals surface area contributed by atoms with E-state index in [9.17, 15) is 24.5 Å². The first-order valence-electron chi connectivity index (χ1n) is 10.1. The molecule has 1 aliphatic carbocycles. The highest BCUT2D eigenvalue weighted by atomic mass is 16.6. The topological polar surface area (TPSA) is 139 Å². The van der Waals surface area contributed by atoms with Gasteiger partial charge in [-0.15, -0.1) is 0 Å². The number of carbonyl (C=O) groups excluding carboxylic acids is 3. The minimum Gasteiger partial charge on any atom is -0.459 e. The molecule has 9 nitrogen and oxygen atoms in total. The van der Waals surface area contributed by atoms with E-state index in [2.05, 4.69) is 5.32 Å². The van der Waals surface area contributed by atoms with Crippen LogP contribution in [0, 0.1) is 21.4 Å². The Morgan fingerprint density at radius 3 is 2.43 bits per heavy atom. The molecule has 9 heteroatoms. The molecule has 1 spiro atoms. The fourth-order valence-corrected chi connectivity index (χ4v) is 4.22. The molecule has 1 atom stereocenters. The lowest BCUT2D eigenvalue weighted by molar-refractivity contribution is -0.350. The monoisotopic (exact) mass is 415 g/mol. The fourth-order valence-electron chi connectivity index (χ4n) is 4.22. The zero-order chi connectivity index (χ0) is 21.7.